The Morgan fingerprint density at radius 3 is 2.65 bits per heavy atom. The molecule has 0 saturated heterocycles. The molecule has 0 unspecified atom stereocenters. The molecule has 0 amide bonds. The van der Waals surface area contributed by atoms with Crippen molar-refractivity contribution in [1.82, 2.24) is 0 Å². The van der Waals surface area contributed by atoms with E-state index in [2.05, 4.69) is 0 Å². The van der Waals surface area contributed by atoms with Gasteiger partial charge in [0.25, 0.3) is 0 Å². The Labute approximate surface area is 100 Å². The summed E-state index contributed by atoms with van der Waals surface area (Å²) < 4.78 is 5.75. The number of hydrogen-bond acceptors (Lipinski definition) is 3. The Bertz CT molecular complexity index is 497. The molecule has 0 heterocycles. The van der Waals surface area contributed by atoms with Gasteiger partial charge in [0.2, 0.25) is 0 Å². The minimum atomic E-state index is 0.00966. The molecule has 2 rings (SSSR count). The van der Waals surface area contributed by atoms with Gasteiger partial charge >= 0.3 is 0 Å². The standard InChI is InChI=1S/C14H15NO2/c15-9-12-5-1-2-7-14(12)17-13-6-3-4-11(8-13)10-16/h1-8,16H,9-10,15H2. The maximum absolute atomic E-state index is 9.05. The molecule has 2 aromatic rings. The lowest BCUT2D eigenvalue weighted by Gasteiger charge is -2.10. The molecule has 0 spiro atoms. The van der Waals surface area contributed by atoms with Crippen molar-refractivity contribution in [3.8, 4) is 11.5 Å². The van der Waals surface area contributed by atoms with Crippen LogP contribution in [0.25, 0.3) is 0 Å². The number of para-hydroxylation sites is 1. The van der Waals surface area contributed by atoms with E-state index in [9.17, 15) is 0 Å². The molecule has 17 heavy (non-hydrogen) atoms. The van der Waals surface area contributed by atoms with Crippen LogP contribution in [0.5, 0.6) is 11.5 Å². The van der Waals surface area contributed by atoms with Crippen LogP contribution < -0.4 is 10.5 Å². The van der Waals surface area contributed by atoms with Gasteiger partial charge in [-0.25, -0.2) is 0 Å². The van der Waals surface area contributed by atoms with Crippen molar-refractivity contribution in [1.29, 1.82) is 0 Å². The quantitative estimate of drug-likeness (QED) is 0.846. The topological polar surface area (TPSA) is 55.5 Å². The molecule has 0 aromatic heterocycles. The van der Waals surface area contributed by atoms with Crippen LogP contribution in [0.2, 0.25) is 0 Å². The number of aliphatic hydroxyl groups excluding tert-OH is 1. The summed E-state index contributed by atoms with van der Waals surface area (Å²) in [5, 5.41) is 9.05. The summed E-state index contributed by atoms with van der Waals surface area (Å²) in [6, 6.07) is 15.0. The lowest BCUT2D eigenvalue weighted by Crippen LogP contribution is -1.99. The predicted molar refractivity (Wildman–Crippen MR) is 66.8 cm³/mol. The van der Waals surface area contributed by atoms with E-state index in [1.54, 1.807) is 0 Å². The van der Waals surface area contributed by atoms with E-state index in [-0.39, 0.29) is 6.61 Å². The summed E-state index contributed by atoms with van der Waals surface area (Å²) in [4.78, 5) is 0. The van der Waals surface area contributed by atoms with Gasteiger partial charge in [0, 0.05) is 12.1 Å². The molecule has 0 atom stereocenters. The molecule has 88 valence electrons. The molecule has 0 aliphatic heterocycles. The minimum absolute atomic E-state index is 0.00966. The molecule has 0 radical (unpaired) electrons. The number of aliphatic hydroxyl groups is 1. The molecule has 0 aliphatic rings. The Kier molecular flexibility index (Phi) is 3.75. The number of ether oxygens (including phenoxy) is 1. The Hall–Kier alpha value is -1.84. The van der Waals surface area contributed by atoms with Gasteiger partial charge in [-0.15, -0.1) is 0 Å². The molecule has 0 bridgehead atoms. The summed E-state index contributed by atoms with van der Waals surface area (Å²) in [5.74, 6) is 1.46. The highest BCUT2D eigenvalue weighted by Gasteiger charge is 2.03. The van der Waals surface area contributed by atoms with Crippen molar-refractivity contribution >= 4 is 0 Å². The van der Waals surface area contributed by atoms with Crippen LogP contribution in [0.4, 0.5) is 0 Å². The molecule has 3 N–H and O–H groups in total. The molecule has 3 heteroatoms. The smallest absolute Gasteiger partial charge is 0.131 e. The normalized spacial score (nSPS) is 10.2. The number of benzene rings is 2. The van der Waals surface area contributed by atoms with E-state index >= 15 is 0 Å². The summed E-state index contributed by atoms with van der Waals surface area (Å²) in [7, 11) is 0. The first-order valence-electron chi connectivity index (χ1n) is 5.49. The van der Waals surface area contributed by atoms with E-state index in [4.69, 9.17) is 15.6 Å². The average Bonchev–Trinajstić information content (AvgIpc) is 2.39. The lowest BCUT2D eigenvalue weighted by molar-refractivity contribution is 0.281. The van der Waals surface area contributed by atoms with E-state index in [1.807, 2.05) is 48.5 Å². The first-order chi connectivity index (χ1) is 8.33. The first-order valence-corrected chi connectivity index (χ1v) is 5.49. The highest BCUT2D eigenvalue weighted by atomic mass is 16.5. The average molecular weight is 229 g/mol. The lowest BCUT2D eigenvalue weighted by atomic mass is 10.2. The zero-order valence-corrected chi connectivity index (χ0v) is 9.47. The van der Waals surface area contributed by atoms with Gasteiger partial charge in [0.15, 0.2) is 0 Å². The number of nitrogens with two attached hydrogens (primary N) is 1. The van der Waals surface area contributed by atoms with Gasteiger partial charge in [0.1, 0.15) is 11.5 Å². The van der Waals surface area contributed by atoms with Crippen molar-refractivity contribution in [3.05, 3.63) is 59.7 Å². The molecule has 2 aromatic carbocycles. The van der Waals surface area contributed by atoms with E-state index in [0.717, 1.165) is 16.9 Å². The number of rotatable bonds is 4. The van der Waals surface area contributed by atoms with E-state index in [1.165, 1.54) is 0 Å². The fraction of sp³-hybridized carbons (Fsp3) is 0.143. The van der Waals surface area contributed by atoms with Gasteiger partial charge in [-0.2, -0.15) is 0 Å². The van der Waals surface area contributed by atoms with Gasteiger partial charge in [-0.05, 0) is 23.8 Å². The van der Waals surface area contributed by atoms with Crippen LogP contribution >= 0.6 is 0 Å². The van der Waals surface area contributed by atoms with Gasteiger partial charge in [0.05, 0.1) is 6.61 Å². The van der Waals surface area contributed by atoms with E-state index < -0.39 is 0 Å². The van der Waals surface area contributed by atoms with Crippen LogP contribution in [0, 0.1) is 0 Å². The molecule has 0 fully saturated rings. The second kappa shape index (κ2) is 5.48. The van der Waals surface area contributed by atoms with Crippen LogP contribution in [-0.2, 0) is 13.2 Å². The molecular formula is C14H15NO2. The van der Waals surface area contributed by atoms with Crippen LogP contribution in [0.1, 0.15) is 11.1 Å². The van der Waals surface area contributed by atoms with E-state index in [0.29, 0.717) is 12.3 Å². The minimum Gasteiger partial charge on any atom is -0.457 e. The third-order valence-electron chi connectivity index (χ3n) is 2.50. The monoisotopic (exact) mass is 229 g/mol. The number of hydrogen-bond donors (Lipinski definition) is 2. The maximum Gasteiger partial charge on any atom is 0.131 e. The highest BCUT2D eigenvalue weighted by Crippen LogP contribution is 2.25. The van der Waals surface area contributed by atoms with Crippen molar-refractivity contribution in [2.75, 3.05) is 0 Å². The summed E-state index contributed by atoms with van der Waals surface area (Å²) in [5.41, 5.74) is 7.43. The third kappa shape index (κ3) is 2.84. The fourth-order valence-corrected chi connectivity index (χ4v) is 1.61. The second-order valence-corrected chi connectivity index (χ2v) is 3.72. The molecule has 0 aliphatic carbocycles. The molecule has 3 nitrogen and oxygen atoms in total. The summed E-state index contributed by atoms with van der Waals surface area (Å²) in [6.45, 7) is 0.450. The molecular weight excluding hydrogens is 214 g/mol. The van der Waals surface area contributed by atoms with Gasteiger partial charge in [-0.3, -0.25) is 0 Å². The van der Waals surface area contributed by atoms with Crippen molar-refractivity contribution in [3.63, 3.8) is 0 Å². The largest absolute Gasteiger partial charge is 0.457 e. The van der Waals surface area contributed by atoms with Gasteiger partial charge in [-0.1, -0.05) is 30.3 Å². The zero-order chi connectivity index (χ0) is 12.1. The summed E-state index contributed by atoms with van der Waals surface area (Å²) in [6.07, 6.45) is 0. The van der Waals surface area contributed by atoms with Crippen LogP contribution in [0.3, 0.4) is 0 Å². The Balaban J connectivity index is 2.24. The van der Waals surface area contributed by atoms with Crippen LogP contribution in [0.15, 0.2) is 48.5 Å². The molecule has 0 saturated carbocycles. The zero-order valence-electron chi connectivity index (χ0n) is 9.47. The second-order valence-electron chi connectivity index (χ2n) is 3.72. The third-order valence-corrected chi connectivity index (χ3v) is 2.50. The predicted octanol–water partition coefficient (Wildman–Crippen LogP) is 2.43. The first kappa shape index (κ1) is 11.6. The fourth-order valence-electron chi connectivity index (χ4n) is 1.61. The Morgan fingerprint density at radius 2 is 1.88 bits per heavy atom. The van der Waals surface area contributed by atoms with Gasteiger partial charge < -0.3 is 15.6 Å². The van der Waals surface area contributed by atoms with Crippen molar-refractivity contribution in [2.24, 2.45) is 5.73 Å². The van der Waals surface area contributed by atoms with Crippen molar-refractivity contribution < 1.29 is 9.84 Å². The highest BCUT2D eigenvalue weighted by molar-refractivity contribution is 5.38. The van der Waals surface area contributed by atoms with Crippen LogP contribution in [-0.4, -0.2) is 5.11 Å². The Morgan fingerprint density at radius 1 is 1.06 bits per heavy atom. The van der Waals surface area contributed by atoms with Crippen molar-refractivity contribution in [2.45, 2.75) is 13.2 Å². The maximum atomic E-state index is 9.05. The summed E-state index contributed by atoms with van der Waals surface area (Å²) >= 11 is 0. The SMILES string of the molecule is NCc1ccccc1Oc1cccc(CO)c1.